The first-order chi connectivity index (χ1) is 10.7. The number of carbonyl (C=O) groups is 2. The number of carbonyl (C=O) groups excluding carboxylic acids is 2. The van der Waals surface area contributed by atoms with Crippen molar-refractivity contribution in [3.63, 3.8) is 0 Å². The van der Waals surface area contributed by atoms with E-state index in [1.165, 1.54) is 11.3 Å². The van der Waals surface area contributed by atoms with Gasteiger partial charge in [-0.05, 0) is 23.6 Å². The van der Waals surface area contributed by atoms with E-state index >= 15 is 0 Å². The van der Waals surface area contributed by atoms with Crippen LogP contribution in [0, 0.1) is 0 Å². The summed E-state index contributed by atoms with van der Waals surface area (Å²) in [6.45, 7) is 0.703. The van der Waals surface area contributed by atoms with Gasteiger partial charge in [0.1, 0.15) is 4.88 Å². The van der Waals surface area contributed by atoms with Gasteiger partial charge in [-0.3, -0.25) is 9.78 Å². The Labute approximate surface area is 132 Å². The smallest absolute Gasteiger partial charge is 0.349 e. The van der Waals surface area contributed by atoms with Gasteiger partial charge in [-0.25, -0.2) is 4.79 Å². The fourth-order valence-electron chi connectivity index (χ4n) is 1.71. The van der Waals surface area contributed by atoms with E-state index in [0.29, 0.717) is 23.7 Å². The molecule has 2 aromatic rings. The largest absolute Gasteiger partial charge is 0.441 e. The highest BCUT2D eigenvalue weighted by atomic mass is 32.1. The normalized spacial score (nSPS) is 11.7. The van der Waals surface area contributed by atoms with Crippen LogP contribution >= 0.6 is 11.3 Å². The molecule has 0 aromatic carbocycles. The van der Waals surface area contributed by atoms with Crippen LogP contribution in [-0.2, 0) is 14.3 Å². The Morgan fingerprint density at radius 2 is 2.18 bits per heavy atom. The molecule has 7 heteroatoms. The fraction of sp³-hybridized carbons (Fsp3) is 0.267. The number of hydrogen-bond acceptors (Lipinski definition) is 6. The van der Waals surface area contributed by atoms with Gasteiger partial charge >= 0.3 is 5.97 Å². The van der Waals surface area contributed by atoms with Crippen LogP contribution in [0.2, 0.25) is 0 Å². The number of ether oxygens (including phenoxy) is 2. The lowest BCUT2D eigenvalue weighted by molar-refractivity contribution is -0.130. The van der Waals surface area contributed by atoms with E-state index in [9.17, 15) is 9.59 Å². The lowest BCUT2D eigenvalue weighted by atomic mass is 10.2. The average molecular weight is 320 g/mol. The summed E-state index contributed by atoms with van der Waals surface area (Å²) in [6, 6.07) is 8.49. The van der Waals surface area contributed by atoms with Crippen molar-refractivity contribution < 1.29 is 19.1 Å². The van der Waals surface area contributed by atoms with Gasteiger partial charge in [0.15, 0.2) is 0 Å². The number of amides is 1. The van der Waals surface area contributed by atoms with Crippen molar-refractivity contribution >= 4 is 23.2 Å². The molecule has 0 spiro atoms. The molecular weight excluding hydrogens is 304 g/mol. The summed E-state index contributed by atoms with van der Waals surface area (Å²) < 4.78 is 10.2. The molecule has 0 unspecified atom stereocenters. The van der Waals surface area contributed by atoms with Crippen molar-refractivity contribution in [2.75, 3.05) is 20.3 Å². The average Bonchev–Trinajstić information content (AvgIpc) is 3.08. The summed E-state index contributed by atoms with van der Waals surface area (Å²) in [6.07, 6.45) is 0.455. The number of thiophene rings is 1. The molecule has 2 aromatic heterocycles. The predicted octanol–water partition coefficient (Wildman–Crippen LogP) is 1.80. The Kier molecular flexibility index (Phi) is 6.05. The Balaban J connectivity index is 2.11. The number of aromatic nitrogens is 1. The Morgan fingerprint density at radius 3 is 2.82 bits per heavy atom. The summed E-state index contributed by atoms with van der Waals surface area (Å²) in [5.41, 5.74) is 0.377. The van der Waals surface area contributed by atoms with E-state index < -0.39 is 18.0 Å². The standard InChI is InChI=1S/C15H16N2O4S/c1-20-9-8-17-14(18)13(11-5-2-3-7-16-11)21-15(19)12-6-4-10-22-12/h2-7,10,13H,8-9H2,1H3,(H,17,18)/t13-/m1/s1. The first kappa shape index (κ1) is 16.1. The van der Waals surface area contributed by atoms with Crippen LogP contribution in [0.25, 0.3) is 0 Å². The fourth-order valence-corrected chi connectivity index (χ4v) is 2.31. The van der Waals surface area contributed by atoms with Crippen LogP contribution in [0.4, 0.5) is 0 Å². The minimum absolute atomic E-state index is 0.329. The minimum Gasteiger partial charge on any atom is -0.441 e. The number of pyridine rings is 1. The Hall–Kier alpha value is -2.25. The molecule has 0 bridgehead atoms. The van der Waals surface area contributed by atoms with Crippen molar-refractivity contribution in [2.45, 2.75) is 6.10 Å². The Bertz CT molecular complexity index is 601. The van der Waals surface area contributed by atoms with Crippen LogP contribution < -0.4 is 5.32 Å². The maximum Gasteiger partial charge on any atom is 0.349 e. The van der Waals surface area contributed by atoms with Gasteiger partial charge in [0.25, 0.3) is 5.91 Å². The molecule has 6 nitrogen and oxygen atoms in total. The molecule has 2 rings (SSSR count). The summed E-state index contributed by atoms with van der Waals surface area (Å²) in [5, 5.41) is 4.42. The van der Waals surface area contributed by atoms with Crippen molar-refractivity contribution in [3.05, 3.63) is 52.5 Å². The molecule has 0 aliphatic carbocycles. The molecule has 0 saturated heterocycles. The maximum absolute atomic E-state index is 12.2. The molecule has 0 aliphatic heterocycles. The lowest BCUT2D eigenvalue weighted by Crippen LogP contribution is -2.34. The summed E-state index contributed by atoms with van der Waals surface area (Å²) in [5.74, 6) is -0.979. The van der Waals surface area contributed by atoms with E-state index in [1.807, 2.05) is 0 Å². The highest BCUT2D eigenvalue weighted by Gasteiger charge is 2.26. The second-order valence-corrected chi connectivity index (χ2v) is 5.25. The third kappa shape index (κ3) is 4.37. The number of nitrogens with one attached hydrogen (secondary N) is 1. The molecule has 116 valence electrons. The SMILES string of the molecule is COCCNC(=O)[C@H](OC(=O)c1cccs1)c1ccccn1. The third-order valence-electron chi connectivity index (χ3n) is 2.75. The van der Waals surface area contributed by atoms with Gasteiger partial charge in [0.2, 0.25) is 6.10 Å². The topological polar surface area (TPSA) is 77.5 Å². The monoisotopic (exact) mass is 320 g/mol. The van der Waals surface area contributed by atoms with Gasteiger partial charge in [-0.15, -0.1) is 11.3 Å². The molecule has 22 heavy (non-hydrogen) atoms. The molecule has 0 radical (unpaired) electrons. The van der Waals surface area contributed by atoms with Crippen molar-refractivity contribution in [3.8, 4) is 0 Å². The van der Waals surface area contributed by atoms with Crippen molar-refractivity contribution in [2.24, 2.45) is 0 Å². The van der Waals surface area contributed by atoms with E-state index in [1.54, 1.807) is 49.0 Å². The van der Waals surface area contributed by atoms with Gasteiger partial charge in [-0.1, -0.05) is 12.1 Å². The third-order valence-corrected chi connectivity index (χ3v) is 3.60. The quantitative estimate of drug-likeness (QED) is 0.622. The van der Waals surface area contributed by atoms with Crippen LogP contribution in [0.1, 0.15) is 21.5 Å². The zero-order valence-corrected chi connectivity index (χ0v) is 12.8. The number of methoxy groups -OCH3 is 1. The maximum atomic E-state index is 12.2. The molecule has 1 atom stereocenters. The lowest BCUT2D eigenvalue weighted by Gasteiger charge is -2.16. The first-order valence-corrected chi connectivity index (χ1v) is 7.52. The molecular formula is C15H16N2O4S. The predicted molar refractivity (Wildman–Crippen MR) is 81.6 cm³/mol. The van der Waals surface area contributed by atoms with Gasteiger partial charge in [0, 0.05) is 19.9 Å². The van der Waals surface area contributed by atoms with Crippen molar-refractivity contribution in [1.29, 1.82) is 0 Å². The molecule has 1 N–H and O–H groups in total. The molecule has 0 saturated carbocycles. The van der Waals surface area contributed by atoms with Gasteiger partial charge in [0.05, 0.1) is 12.3 Å². The number of nitrogens with zero attached hydrogens (tertiary/aromatic N) is 1. The van der Waals surface area contributed by atoms with E-state index in [2.05, 4.69) is 10.3 Å². The molecule has 0 aliphatic rings. The highest BCUT2D eigenvalue weighted by Crippen LogP contribution is 2.19. The molecule has 0 fully saturated rings. The summed E-state index contributed by atoms with van der Waals surface area (Å²) in [4.78, 5) is 28.9. The van der Waals surface area contributed by atoms with Gasteiger partial charge < -0.3 is 14.8 Å². The van der Waals surface area contributed by atoms with E-state index in [0.717, 1.165) is 0 Å². The molecule has 1 amide bonds. The second kappa shape index (κ2) is 8.26. The zero-order valence-electron chi connectivity index (χ0n) is 12.0. The van der Waals surface area contributed by atoms with Crippen LogP contribution in [0.5, 0.6) is 0 Å². The number of rotatable bonds is 7. The Morgan fingerprint density at radius 1 is 1.32 bits per heavy atom. The number of hydrogen-bond donors (Lipinski definition) is 1. The molecule has 2 heterocycles. The first-order valence-electron chi connectivity index (χ1n) is 6.64. The highest BCUT2D eigenvalue weighted by molar-refractivity contribution is 7.11. The van der Waals surface area contributed by atoms with Crippen LogP contribution in [0.15, 0.2) is 41.9 Å². The summed E-state index contributed by atoms with van der Waals surface area (Å²) in [7, 11) is 1.54. The van der Waals surface area contributed by atoms with Crippen molar-refractivity contribution in [1.82, 2.24) is 10.3 Å². The zero-order chi connectivity index (χ0) is 15.8. The number of esters is 1. The second-order valence-electron chi connectivity index (χ2n) is 4.30. The van der Waals surface area contributed by atoms with Crippen LogP contribution in [0.3, 0.4) is 0 Å². The van der Waals surface area contributed by atoms with Crippen LogP contribution in [-0.4, -0.2) is 37.1 Å². The van der Waals surface area contributed by atoms with E-state index in [4.69, 9.17) is 9.47 Å². The van der Waals surface area contributed by atoms with Gasteiger partial charge in [-0.2, -0.15) is 0 Å². The summed E-state index contributed by atoms with van der Waals surface area (Å²) >= 11 is 1.25. The van der Waals surface area contributed by atoms with E-state index in [-0.39, 0.29) is 0 Å². The minimum atomic E-state index is -1.09.